The Kier molecular flexibility index (Phi) is 7.27. The molecule has 3 N–H and O–H groups in total. The molecule has 0 aromatic heterocycles. The lowest BCUT2D eigenvalue weighted by Gasteiger charge is -2.41. The van der Waals surface area contributed by atoms with Gasteiger partial charge in [0.05, 0.1) is 23.8 Å². The Morgan fingerprint density at radius 2 is 1.84 bits per heavy atom. The quantitative estimate of drug-likeness (QED) is 0.602. The lowest BCUT2D eigenvalue weighted by Crippen LogP contribution is -2.57. The van der Waals surface area contributed by atoms with Crippen molar-refractivity contribution in [3.05, 3.63) is 64.9 Å². The van der Waals surface area contributed by atoms with E-state index in [0.717, 1.165) is 37.9 Å². The Balaban J connectivity index is 1.39. The molecule has 32 heavy (non-hydrogen) atoms. The van der Waals surface area contributed by atoms with Crippen molar-refractivity contribution < 1.29 is 24.1 Å². The van der Waals surface area contributed by atoms with Crippen molar-refractivity contribution in [1.29, 1.82) is 0 Å². The average Bonchev–Trinajstić information content (AvgIpc) is 3.15. The summed E-state index contributed by atoms with van der Waals surface area (Å²) in [4.78, 5) is 16.9. The lowest BCUT2D eigenvalue weighted by molar-refractivity contribution is -0.0209. The van der Waals surface area contributed by atoms with E-state index in [2.05, 4.69) is 27.2 Å². The molecule has 2 aromatic rings. The third-order valence-corrected chi connectivity index (χ3v) is 6.43. The highest BCUT2D eigenvalue weighted by molar-refractivity contribution is 6.31. The van der Waals surface area contributed by atoms with E-state index in [9.17, 15) is 19.4 Å². The fraction of sp³-hybridized carbons (Fsp3) is 0.435. The van der Waals surface area contributed by atoms with Crippen LogP contribution in [0.2, 0.25) is 5.02 Å². The molecule has 2 aromatic carbocycles. The molecule has 2 aliphatic heterocycles. The van der Waals surface area contributed by atoms with Crippen molar-refractivity contribution in [3.8, 4) is 0 Å². The van der Waals surface area contributed by atoms with Gasteiger partial charge in [0.2, 0.25) is 0 Å². The number of nitrogens with one attached hydrogen (secondary N) is 1. The first-order valence-corrected chi connectivity index (χ1v) is 11.1. The second kappa shape index (κ2) is 10.1. The molecule has 0 saturated carbocycles. The number of halogens is 2. The molecule has 172 valence electrons. The van der Waals surface area contributed by atoms with E-state index >= 15 is 0 Å². The summed E-state index contributed by atoms with van der Waals surface area (Å²) >= 11 is 5.77. The van der Waals surface area contributed by atoms with Crippen LogP contribution in [0.4, 0.5) is 10.1 Å². The number of para-hydroxylation sites is 1. The number of nitrogens with zero attached hydrogens (tertiary/aromatic N) is 2. The minimum atomic E-state index is -0.870. The molecule has 2 aliphatic rings. The van der Waals surface area contributed by atoms with Crippen LogP contribution in [-0.4, -0.2) is 84.7 Å². The molecule has 9 heteroatoms. The fourth-order valence-electron chi connectivity index (χ4n) is 4.45. The number of amides is 1. The largest absolute Gasteiger partial charge is 0.394 e. The normalized spacial score (nSPS) is 26.3. The molecule has 2 heterocycles. The maximum Gasteiger partial charge on any atom is 0.251 e. The van der Waals surface area contributed by atoms with Gasteiger partial charge in [0, 0.05) is 44.0 Å². The Morgan fingerprint density at radius 3 is 2.50 bits per heavy atom. The number of carbonyl (C=O) groups is 1. The van der Waals surface area contributed by atoms with Crippen LogP contribution in [0.5, 0.6) is 0 Å². The summed E-state index contributed by atoms with van der Waals surface area (Å²) in [5.74, 6) is -1.00. The van der Waals surface area contributed by atoms with Crippen molar-refractivity contribution in [2.24, 2.45) is 0 Å². The molecule has 2 saturated heterocycles. The molecule has 1 amide bonds. The Bertz CT molecular complexity index is 927. The predicted molar refractivity (Wildman–Crippen MR) is 120 cm³/mol. The molecular formula is C23H27ClFN3O4. The van der Waals surface area contributed by atoms with Gasteiger partial charge in [0.25, 0.3) is 5.91 Å². The fourth-order valence-corrected chi connectivity index (χ4v) is 4.63. The van der Waals surface area contributed by atoms with E-state index in [-0.39, 0.29) is 29.8 Å². The molecule has 2 fully saturated rings. The highest BCUT2D eigenvalue weighted by atomic mass is 35.5. The van der Waals surface area contributed by atoms with E-state index in [1.54, 1.807) is 0 Å². The van der Waals surface area contributed by atoms with Gasteiger partial charge in [-0.3, -0.25) is 9.69 Å². The summed E-state index contributed by atoms with van der Waals surface area (Å²) < 4.78 is 19.2. The zero-order chi connectivity index (χ0) is 22.7. The van der Waals surface area contributed by atoms with Crippen molar-refractivity contribution in [3.63, 3.8) is 0 Å². The molecule has 0 bridgehead atoms. The number of carbonyl (C=O) groups excluding carboxylic acids is 1. The van der Waals surface area contributed by atoms with Crippen molar-refractivity contribution in [1.82, 2.24) is 10.2 Å². The zero-order valence-corrected chi connectivity index (χ0v) is 18.3. The number of benzene rings is 2. The van der Waals surface area contributed by atoms with Gasteiger partial charge in [-0.05, 0) is 30.3 Å². The van der Waals surface area contributed by atoms with Crippen LogP contribution < -0.4 is 10.2 Å². The Morgan fingerprint density at radius 1 is 1.12 bits per heavy atom. The van der Waals surface area contributed by atoms with Crippen LogP contribution >= 0.6 is 11.6 Å². The van der Waals surface area contributed by atoms with E-state index in [1.165, 1.54) is 12.1 Å². The molecule has 4 rings (SSSR count). The summed E-state index contributed by atoms with van der Waals surface area (Å²) in [6.07, 6.45) is -2.08. The van der Waals surface area contributed by atoms with Crippen LogP contribution in [-0.2, 0) is 4.74 Å². The van der Waals surface area contributed by atoms with Crippen LogP contribution in [0.15, 0.2) is 48.5 Å². The van der Waals surface area contributed by atoms with Crippen molar-refractivity contribution in [2.45, 2.75) is 24.4 Å². The number of hydrogen-bond donors (Lipinski definition) is 3. The Labute approximate surface area is 191 Å². The van der Waals surface area contributed by atoms with E-state index in [4.69, 9.17) is 16.3 Å². The van der Waals surface area contributed by atoms with Crippen LogP contribution in [0.25, 0.3) is 0 Å². The first-order chi connectivity index (χ1) is 15.5. The lowest BCUT2D eigenvalue weighted by atomic mass is 10.0. The first kappa shape index (κ1) is 22.9. The van der Waals surface area contributed by atoms with Crippen LogP contribution in [0.3, 0.4) is 0 Å². The zero-order valence-electron chi connectivity index (χ0n) is 17.5. The third kappa shape index (κ3) is 4.89. The second-order valence-corrected chi connectivity index (χ2v) is 8.48. The standard InChI is InChI=1S/C23H27ClFN3O4/c24-17-12-15(6-7-18(17)25)23(31)26-13-19-21(22(30)20(14-29)32-19)28-10-8-27(9-11-28)16-4-2-1-3-5-16/h1-7,12,19-22,29-30H,8-11,13-14H2,(H,26,31)/t19-,20+,21-,22-/m1/s1. The SMILES string of the molecule is O=C(NC[C@H]1O[C@@H](CO)[C@@H](O)[C@@H]1N1CCN(c2ccccc2)CC1)c1ccc(F)c(Cl)c1. The monoisotopic (exact) mass is 463 g/mol. The van der Waals surface area contributed by atoms with Crippen molar-refractivity contribution in [2.75, 3.05) is 44.2 Å². The summed E-state index contributed by atoms with van der Waals surface area (Å²) in [5, 5.41) is 23.1. The highest BCUT2D eigenvalue weighted by Crippen LogP contribution is 2.28. The minimum absolute atomic E-state index is 0.125. The maximum absolute atomic E-state index is 13.4. The van der Waals surface area contributed by atoms with E-state index < -0.39 is 30.0 Å². The molecule has 4 atom stereocenters. The second-order valence-electron chi connectivity index (χ2n) is 8.07. The van der Waals surface area contributed by atoms with Gasteiger partial charge in [0.15, 0.2) is 0 Å². The number of ether oxygens (including phenoxy) is 1. The molecule has 0 aliphatic carbocycles. The summed E-state index contributed by atoms with van der Waals surface area (Å²) in [6.45, 7) is 2.87. The number of rotatable bonds is 6. The van der Waals surface area contributed by atoms with E-state index in [1.807, 2.05) is 18.2 Å². The maximum atomic E-state index is 13.4. The van der Waals surface area contributed by atoms with Gasteiger partial charge in [-0.25, -0.2) is 4.39 Å². The number of hydrogen-bond acceptors (Lipinski definition) is 6. The van der Waals surface area contributed by atoms with Gasteiger partial charge < -0.3 is 25.2 Å². The van der Waals surface area contributed by atoms with Gasteiger partial charge in [-0.2, -0.15) is 0 Å². The van der Waals surface area contributed by atoms with Crippen LogP contribution in [0, 0.1) is 5.82 Å². The number of aliphatic hydroxyl groups is 2. The van der Waals surface area contributed by atoms with Gasteiger partial charge in [-0.15, -0.1) is 0 Å². The highest BCUT2D eigenvalue weighted by Gasteiger charge is 2.46. The topological polar surface area (TPSA) is 85.3 Å². The van der Waals surface area contributed by atoms with Gasteiger partial charge in [0.1, 0.15) is 18.0 Å². The number of piperazine rings is 1. The number of aliphatic hydroxyl groups excluding tert-OH is 2. The average molecular weight is 464 g/mol. The summed E-state index contributed by atoms with van der Waals surface area (Å²) in [5.41, 5.74) is 1.40. The predicted octanol–water partition coefficient (Wildman–Crippen LogP) is 1.52. The summed E-state index contributed by atoms with van der Waals surface area (Å²) in [6, 6.07) is 13.6. The van der Waals surface area contributed by atoms with Gasteiger partial charge in [-0.1, -0.05) is 29.8 Å². The molecule has 7 nitrogen and oxygen atoms in total. The van der Waals surface area contributed by atoms with Crippen molar-refractivity contribution >= 4 is 23.2 Å². The minimum Gasteiger partial charge on any atom is -0.394 e. The molecule has 0 unspecified atom stereocenters. The van der Waals surface area contributed by atoms with E-state index in [0.29, 0.717) is 0 Å². The molecular weight excluding hydrogens is 437 g/mol. The third-order valence-electron chi connectivity index (χ3n) is 6.14. The van der Waals surface area contributed by atoms with Crippen LogP contribution in [0.1, 0.15) is 10.4 Å². The Hall–Kier alpha value is -2.23. The molecule has 0 radical (unpaired) electrons. The summed E-state index contributed by atoms with van der Waals surface area (Å²) in [7, 11) is 0. The smallest absolute Gasteiger partial charge is 0.251 e. The van der Waals surface area contributed by atoms with Gasteiger partial charge >= 0.3 is 0 Å². The first-order valence-electron chi connectivity index (χ1n) is 10.7. The number of anilines is 1. The molecule has 0 spiro atoms.